The molecular weight excluding hydrogens is 453 g/mol. The molecule has 3 rings (SSSR count). The zero-order chi connectivity index (χ0) is 21.3. The average molecular weight is 478 g/mol. The minimum Gasteiger partial charge on any atom is -0.492 e. The lowest BCUT2D eigenvalue weighted by Crippen LogP contribution is -2.50. The van der Waals surface area contributed by atoms with Gasteiger partial charge in [0, 0.05) is 38.3 Å². The summed E-state index contributed by atoms with van der Waals surface area (Å²) in [6, 6.07) is 13.3. The molecule has 0 aliphatic carbocycles. The number of nitrogens with zero attached hydrogens (tertiary/aromatic N) is 2. The number of ether oxygens (including phenoxy) is 1. The van der Waals surface area contributed by atoms with Gasteiger partial charge in [-0.05, 0) is 58.7 Å². The van der Waals surface area contributed by atoms with Gasteiger partial charge in [-0.25, -0.2) is 4.39 Å². The summed E-state index contributed by atoms with van der Waals surface area (Å²) >= 11 is 3.44. The van der Waals surface area contributed by atoms with E-state index < -0.39 is 0 Å². The lowest BCUT2D eigenvalue weighted by atomic mass is 10.2. The second-order valence-corrected chi connectivity index (χ2v) is 7.95. The van der Waals surface area contributed by atoms with Gasteiger partial charge in [0.15, 0.2) is 0 Å². The molecule has 8 heteroatoms. The predicted molar refractivity (Wildman–Crippen MR) is 117 cm³/mol. The molecule has 1 heterocycles. The Labute approximate surface area is 184 Å². The van der Waals surface area contributed by atoms with Crippen LogP contribution in [0.3, 0.4) is 0 Å². The lowest BCUT2D eigenvalue weighted by molar-refractivity contribution is -0.133. The molecule has 30 heavy (non-hydrogen) atoms. The highest BCUT2D eigenvalue weighted by Gasteiger charge is 2.22. The number of amides is 2. The summed E-state index contributed by atoms with van der Waals surface area (Å²) in [4.78, 5) is 28.4. The van der Waals surface area contributed by atoms with E-state index in [-0.39, 0.29) is 24.2 Å². The first-order chi connectivity index (χ1) is 14.5. The quantitative estimate of drug-likeness (QED) is 0.590. The summed E-state index contributed by atoms with van der Waals surface area (Å²) in [5.74, 6) is 0.400. The normalized spacial score (nSPS) is 14.4. The molecule has 2 aromatic rings. The van der Waals surface area contributed by atoms with Crippen LogP contribution < -0.4 is 10.1 Å². The highest BCUT2D eigenvalue weighted by atomic mass is 79.9. The summed E-state index contributed by atoms with van der Waals surface area (Å²) in [6.07, 6.45) is 1.09. The molecule has 160 valence electrons. The van der Waals surface area contributed by atoms with Crippen molar-refractivity contribution in [1.29, 1.82) is 0 Å². The molecule has 0 aromatic heterocycles. The number of nitrogens with one attached hydrogen (secondary N) is 1. The van der Waals surface area contributed by atoms with Gasteiger partial charge in [0.2, 0.25) is 11.8 Å². The molecule has 0 unspecified atom stereocenters. The van der Waals surface area contributed by atoms with E-state index in [9.17, 15) is 14.0 Å². The number of carbonyl (C=O) groups is 2. The molecule has 1 N–H and O–H groups in total. The van der Waals surface area contributed by atoms with Gasteiger partial charge in [0.05, 0.1) is 17.6 Å². The number of hydrogen-bond acceptors (Lipinski definition) is 4. The fraction of sp³-hybridized carbons (Fsp3) is 0.364. The van der Waals surface area contributed by atoms with Crippen molar-refractivity contribution in [2.75, 3.05) is 44.6 Å². The standard InChI is InChI=1S/C22H25BrFN3O3/c23-19-4-1-2-5-20(19)30-15-3-6-22(29)27-13-11-26(12-14-27)16-21(28)25-18-9-7-17(24)8-10-18/h1-2,4-5,7-10H,3,6,11-16H2,(H,25,28). The van der Waals surface area contributed by atoms with Gasteiger partial charge in [-0.2, -0.15) is 0 Å². The van der Waals surface area contributed by atoms with Gasteiger partial charge < -0.3 is 15.0 Å². The Morgan fingerprint density at radius 1 is 1.03 bits per heavy atom. The van der Waals surface area contributed by atoms with Crippen LogP contribution in [0, 0.1) is 5.82 Å². The molecule has 1 saturated heterocycles. The number of hydrogen-bond donors (Lipinski definition) is 1. The first kappa shape index (κ1) is 22.2. The lowest BCUT2D eigenvalue weighted by Gasteiger charge is -2.34. The Balaban J connectivity index is 1.32. The minimum atomic E-state index is -0.340. The largest absolute Gasteiger partial charge is 0.492 e. The van der Waals surface area contributed by atoms with Crippen molar-refractivity contribution in [2.24, 2.45) is 0 Å². The second kappa shape index (κ2) is 11.1. The van der Waals surface area contributed by atoms with E-state index in [1.807, 2.05) is 34.1 Å². The van der Waals surface area contributed by atoms with Gasteiger partial charge in [0.1, 0.15) is 11.6 Å². The van der Waals surface area contributed by atoms with Crippen LogP contribution in [-0.4, -0.2) is 60.9 Å². The Morgan fingerprint density at radius 3 is 2.43 bits per heavy atom. The molecule has 6 nitrogen and oxygen atoms in total. The van der Waals surface area contributed by atoms with Crippen LogP contribution in [0.15, 0.2) is 53.0 Å². The fourth-order valence-corrected chi connectivity index (χ4v) is 3.62. The minimum absolute atomic E-state index is 0.112. The first-order valence-electron chi connectivity index (χ1n) is 9.94. The second-order valence-electron chi connectivity index (χ2n) is 7.09. The van der Waals surface area contributed by atoms with E-state index in [0.717, 1.165) is 10.2 Å². The number of carbonyl (C=O) groups excluding carboxylic acids is 2. The van der Waals surface area contributed by atoms with E-state index >= 15 is 0 Å². The number of anilines is 1. The number of piperazine rings is 1. The molecule has 0 radical (unpaired) electrons. The van der Waals surface area contributed by atoms with Crippen molar-refractivity contribution in [2.45, 2.75) is 12.8 Å². The van der Waals surface area contributed by atoms with Crippen molar-refractivity contribution in [3.8, 4) is 5.75 Å². The molecule has 2 aromatic carbocycles. The molecule has 0 atom stereocenters. The van der Waals surface area contributed by atoms with Crippen LogP contribution in [-0.2, 0) is 9.59 Å². The Bertz CT molecular complexity index is 855. The maximum absolute atomic E-state index is 12.9. The van der Waals surface area contributed by atoms with Gasteiger partial charge in [0.25, 0.3) is 0 Å². The smallest absolute Gasteiger partial charge is 0.238 e. The number of rotatable bonds is 8. The maximum atomic E-state index is 12.9. The third kappa shape index (κ3) is 6.81. The fourth-order valence-electron chi connectivity index (χ4n) is 3.22. The van der Waals surface area contributed by atoms with Gasteiger partial charge in [-0.3, -0.25) is 14.5 Å². The predicted octanol–water partition coefficient (Wildman–Crippen LogP) is 3.53. The average Bonchev–Trinajstić information content (AvgIpc) is 2.74. The molecule has 0 bridgehead atoms. The van der Waals surface area contributed by atoms with Crippen molar-refractivity contribution in [1.82, 2.24) is 9.80 Å². The zero-order valence-electron chi connectivity index (χ0n) is 16.7. The SMILES string of the molecule is O=C(CN1CCN(C(=O)CCCOc2ccccc2Br)CC1)Nc1ccc(F)cc1. The number of para-hydroxylation sites is 1. The van der Waals surface area contributed by atoms with E-state index in [1.54, 1.807) is 0 Å². The molecule has 0 spiro atoms. The summed E-state index contributed by atoms with van der Waals surface area (Å²) in [5, 5.41) is 2.76. The molecule has 1 aliphatic rings. The van der Waals surface area contributed by atoms with Gasteiger partial charge in [-0.15, -0.1) is 0 Å². The maximum Gasteiger partial charge on any atom is 0.238 e. The van der Waals surface area contributed by atoms with E-state index in [4.69, 9.17) is 4.74 Å². The van der Waals surface area contributed by atoms with E-state index in [1.165, 1.54) is 24.3 Å². The number of benzene rings is 2. The molecule has 0 saturated carbocycles. The van der Waals surface area contributed by atoms with E-state index in [0.29, 0.717) is 51.3 Å². The summed E-state index contributed by atoms with van der Waals surface area (Å²) in [7, 11) is 0. The first-order valence-corrected chi connectivity index (χ1v) is 10.7. The van der Waals surface area contributed by atoms with Crippen molar-refractivity contribution in [3.05, 3.63) is 58.8 Å². The van der Waals surface area contributed by atoms with Crippen LogP contribution in [0.2, 0.25) is 0 Å². The Kier molecular flexibility index (Phi) is 8.21. The zero-order valence-corrected chi connectivity index (χ0v) is 18.2. The summed E-state index contributed by atoms with van der Waals surface area (Å²) < 4.78 is 19.5. The van der Waals surface area contributed by atoms with Crippen molar-refractivity contribution < 1.29 is 18.7 Å². The molecule has 2 amide bonds. The van der Waals surface area contributed by atoms with Gasteiger partial charge >= 0.3 is 0 Å². The third-order valence-electron chi connectivity index (χ3n) is 4.85. The number of halogens is 2. The monoisotopic (exact) mass is 477 g/mol. The van der Waals surface area contributed by atoms with Gasteiger partial charge in [-0.1, -0.05) is 12.1 Å². The molecular formula is C22H25BrFN3O3. The summed E-state index contributed by atoms with van der Waals surface area (Å²) in [6.45, 7) is 3.24. The molecule has 1 aliphatic heterocycles. The highest BCUT2D eigenvalue weighted by Crippen LogP contribution is 2.23. The van der Waals surface area contributed by atoms with Crippen LogP contribution in [0.4, 0.5) is 10.1 Å². The highest BCUT2D eigenvalue weighted by molar-refractivity contribution is 9.10. The van der Waals surface area contributed by atoms with Crippen LogP contribution in [0.1, 0.15) is 12.8 Å². The van der Waals surface area contributed by atoms with Crippen LogP contribution in [0.5, 0.6) is 5.75 Å². The third-order valence-corrected chi connectivity index (χ3v) is 5.50. The Hall–Kier alpha value is -2.45. The van der Waals surface area contributed by atoms with Crippen LogP contribution in [0.25, 0.3) is 0 Å². The topological polar surface area (TPSA) is 61.9 Å². The van der Waals surface area contributed by atoms with Crippen LogP contribution >= 0.6 is 15.9 Å². The van der Waals surface area contributed by atoms with Crippen molar-refractivity contribution >= 4 is 33.4 Å². The molecule has 1 fully saturated rings. The van der Waals surface area contributed by atoms with Crippen molar-refractivity contribution in [3.63, 3.8) is 0 Å². The van der Waals surface area contributed by atoms with E-state index in [2.05, 4.69) is 21.2 Å². The Morgan fingerprint density at radius 2 is 1.73 bits per heavy atom. The summed E-state index contributed by atoms with van der Waals surface area (Å²) in [5.41, 5.74) is 0.569.